The molecule has 0 spiro atoms. The number of pyridine rings is 1. The van der Waals surface area contributed by atoms with Gasteiger partial charge in [0, 0.05) is 6.20 Å². The second kappa shape index (κ2) is 7.87. The molecule has 3 N–H and O–H groups in total. The van der Waals surface area contributed by atoms with Gasteiger partial charge in [0.15, 0.2) is 10.1 Å². The van der Waals surface area contributed by atoms with Gasteiger partial charge in [-0.25, -0.2) is 4.98 Å². The van der Waals surface area contributed by atoms with Crippen molar-refractivity contribution >= 4 is 49.1 Å². The lowest BCUT2D eigenvalue weighted by molar-refractivity contribution is -0.115. The molecule has 0 saturated heterocycles. The molecular formula is C18H16N6O2S2. The Morgan fingerprint density at radius 3 is 3.00 bits per heavy atom. The van der Waals surface area contributed by atoms with Crippen molar-refractivity contribution in [3.05, 3.63) is 42.2 Å². The number of nitrogens with one attached hydrogen (secondary N) is 1. The van der Waals surface area contributed by atoms with Crippen LogP contribution in [-0.2, 0) is 11.2 Å². The topological polar surface area (TPSA) is 116 Å². The zero-order valence-corrected chi connectivity index (χ0v) is 16.5. The average molecular weight is 413 g/mol. The lowest BCUT2D eigenvalue weighted by atomic mass is 10.1. The van der Waals surface area contributed by atoms with Crippen LogP contribution in [-0.4, -0.2) is 32.7 Å². The number of nitrogen functional groups attached to an aromatic ring is 1. The quantitative estimate of drug-likeness (QED) is 0.499. The van der Waals surface area contributed by atoms with Crippen LogP contribution in [0.3, 0.4) is 0 Å². The SMILES string of the molecule is CCOc1cnccc1-c1nnc(NC(=O)Cc2ccc3nc(N)sc3c2)s1. The molecule has 0 radical (unpaired) electrons. The lowest BCUT2D eigenvalue weighted by Crippen LogP contribution is -2.14. The Morgan fingerprint density at radius 2 is 2.14 bits per heavy atom. The van der Waals surface area contributed by atoms with Crippen molar-refractivity contribution in [1.29, 1.82) is 0 Å². The van der Waals surface area contributed by atoms with Gasteiger partial charge in [-0.3, -0.25) is 9.78 Å². The molecule has 0 bridgehead atoms. The minimum absolute atomic E-state index is 0.167. The summed E-state index contributed by atoms with van der Waals surface area (Å²) in [5.74, 6) is 0.468. The fourth-order valence-electron chi connectivity index (χ4n) is 2.66. The molecule has 3 heterocycles. The van der Waals surface area contributed by atoms with Crippen molar-refractivity contribution in [1.82, 2.24) is 20.2 Å². The minimum atomic E-state index is -0.167. The van der Waals surface area contributed by atoms with E-state index in [1.807, 2.05) is 31.2 Å². The van der Waals surface area contributed by atoms with Gasteiger partial charge in [-0.15, -0.1) is 10.2 Å². The number of nitrogens with zero attached hydrogens (tertiary/aromatic N) is 4. The van der Waals surface area contributed by atoms with E-state index in [2.05, 4.69) is 25.5 Å². The summed E-state index contributed by atoms with van der Waals surface area (Å²) in [5, 5.41) is 12.6. The number of carbonyl (C=O) groups is 1. The maximum Gasteiger partial charge on any atom is 0.230 e. The van der Waals surface area contributed by atoms with Crippen molar-refractivity contribution in [3.8, 4) is 16.3 Å². The average Bonchev–Trinajstić information content (AvgIpc) is 3.27. The largest absolute Gasteiger partial charge is 0.492 e. The third-order valence-electron chi connectivity index (χ3n) is 3.82. The fourth-order valence-corrected chi connectivity index (χ4v) is 4.24. The molecule has 8 nitrogen and oxygen atoms in total. The van der Waals surface area contributed by atoms with Gasteiger partial charge in [0.25, 0.3) is 0 Å². The number of aromatic nitrogens is 4. The Morgan fingerprint density at radius 1 is 1.25 bits per heavy atom. The van der Waals surface area contributed by atoms with Crippen molar-refractivity contribution in [2.24, 2.45) is 0 Å². The Labute approximate surface area is 168 Å². The Balaban J connectivity index is 1.46. The van der Waals surface area contributed by atoms with Crippen LogP contribution < -0.4 is 15.8 Å². The number of anilines is 2. The molecule has 28 heavy (non-hydrogen) atoms. The number of amides is 1. The predicted octanol–water partition coefficient (Wildman–Crippen LogP) is 3.37. The second-order valence-corrected chi connectivity index (χ2v) is 7.84. The summed E-state index contributed by atoms with van der Waals surface area (Å²) in [6.07, 6.45) is 3.53. The molecule has 0 aliphatic heterocycles. The molecule has 0 saturated carbocycles. The van der Waals surface area contributed by atoms with Crippen LogP contribution >= 0.6 is 22.7 Å². The molecule has 0 fully saturated rings. The van der Waals surface area contributed by atoms with Crippen LogP contribution in [0, 0.1) is 0 Å². The lowest BCUT2D eigenvalue weighted by Gasteiger charge is -2.05. The smallest absolute Gasteiger partial charge is 0.230 e. The fraction of sp³-hybridized carbons (Fsp3) is 0.167. The molecule has 0 aliphatic rings. The van der Waals surface area contributed by atoms with Crippen LogP contribution in [0.15, 0.2) is 36.7 Å². The number of ether oxygens (including phenoxy) is 1. The van der Waals surface area contributed by atoms with E-state index < -0.39 is 0 Å². The number of fused-ring (bicyclic) bond motifs is 1. The van der Waals surface area contributed by atoms with Gasteiger partial charge in [-0.05, 0) is 30.7 Å². The number of hydrogen-bond acceptors (Lipinski definition) is 9. The highest BCUT2D eigenvalue weighted by Crippen LogP contribution is 2.33. The van der Waals surface area contributed by atoms with E-state index in [0.717, 1.165) is 21.3 Å². The monoisotopic (exact) mass is 412 g/mol. The summed E-state index contributed by atoms with van der Waals surface area (Å²) < 4.78 is 6.53. The Kier molecular flexibility index (Phi) is 5.13. The maximum atomic E-state index is 12.4. The molecule has 0 aliphatic carbocycles. The Hall–Kier alpha value is -3.11. The van der Waals surface area contributed by atoms with Gasteiger partial charge in [0.2, 0.25) is 11.0 Å². The summed E-state index contributed by atoms with van der Waals surface area (Å²) >= 11 is 2.69. The van der Waals surface area contributed by atoms with Crippen LogP contribution in [0.4, 0.5) is 10.3 Å². The second-order valence-electron chi connectivity index (χ2n) is 5.80. The van der Waals surface area contributed by atoms with E-state index in [1.165, 1.54) is 22.7 Å². The molecular weight excluding hydrogens is 396 g/mol. The molecule has 4 rings (SSSR count). The molecule has 1 aromatic carbocycles. The first-order valence-corrected chi connectivity index (χ1v) is 10.1. The molecule has 0 atom stereocenters. The van der Waals surface area contributed by atoms with Crippen molar-refractivity contribution in [2.75, 3.05) is 17.7 Å². The standard InChI is InChI=1S/C18H16N6O2S2/c1-2-26-13-9-20-6-5-11(13)16-23-24-18(28-16)22-15(25)8-10-3-4-12-14(7-10)27-17(19)21-12/h3-7,9H,2,8H2,1H3,(H2,19,21)(H,22,24,25). The summed E-state index contributed by atoms with van der Waals surface area (Å²) in [5.41, 5.74) is 8.24. The first kappa shape index (κ1) is 18.3. The molecule has 142 valence electrons. The third-order valence-corrected chi connectivity index (χ3v) is 5.54. The van der Waals surface area contributed by atoms with Gasteiger partial charge in [0.1, 0.15) is 5.75 Å². The van der Waals surface area contributed by atoms with Gasteiger partial charge in [-0.1, -0.05) is 28.7 Å². The van der Waals surface area contributed by atoms with Gasteiger partial charge < -0.3 is 15.8 Å². The Bertz CT molecular complexity index is 1140. The summed E-state index contributed by atoms with van der Waals surface area (Å²) in [7, 11) is 0. The number of nitrogens with two attached hydrogens (primary N) is 1. The number of thiazole rings is 1. The van der Waals surface area contributed by atoms with Crippen LogP contribution in [0.2, 0.25) is 0 Å². The van der Waals surface area contributed by atoms with Crippen LogP contribution in [0.1, 0.15) is 12.5 Å². The van der Waals surface area contributed by atoms with Crippen molar-refractivity contribution < 1.29 is 9.53 Å². The van der Waals surface area contributed by atoms with Crippen LogP contribution in [0.5, 0.6) is 5.75 Å². The number of rotatable bonds is 6. The zero-order valence-electron chi connectivity index (χ0n) is 14.9. The van der Waals surface area contributed by atoms with E-state index in [4.69, 9.17) is 10.5 Å². The highest BCUT2D eigenvalue weighted by Gasteiger charge is 2.14. The first-order chi connectivity index (χ1) is 13.6. The highest BCUT2D eigenvalue weighted by atomic mass is 32.1. The predicted molar refractivity (Wildman–Crippen MR) is 111 cm³/mol. The van der Waals surface area contributed by atoms with Gasteiger partial charge >= 0.3 is 0 Å². The van der Waals surface area contributed by atoms with E-state index >= 15 is 0 Å². The van der Waals surface area contributed by atoms with Crippen molar-refractivity contribution in [2.45, 2.75) is 13.3 Å². The summed E-state index contributed by atoms with van der Waals surface area (Å²) in [4.78, 5) is 20.7. The number of hydrogen-bond donors (Lipinski definition) is 2. The van der Waals surface area contributed by atoms with E-state index in [9.17, 15) is 4.79 Å². The highest BCUT2D eigenvalue weighted by molar-refractivity contribution is 7.22. The van der Waals surface area contributed by atoms with Crippen molar-refractivity contribution in [3.63, 3.8) is 0 Å². The molecule has 10 heteroatoms. The molecule has 3 aromatic heterocycles. The molecule has 0 unspecified atom stereocenters. The molecule has 4 aromatic rings. The summed E-state index contributed by atoms with van der Waals surface area (Å²) in [6, 6.07) is 7.48. The van der Waals surface area contributed by atoms with Gasteiger partial charge in [0.05, 0.1) is 35.0 Å². The van der Waals surface area contributed by atoms with E-state index in [-0.39, 0.29) is 12.3 Å². The van der Waals surface area contributed by atoms with Gasteiger partial charge in [-0.2, -0.15) is 0 Å². The zero-order chi connectivity index (χ0) is 19.5. The first-order valence-electron chi connectivity index (χ1n) is 8.48. The van der Waals surface area contributed by atoms with Crippen LogP contribution in [0.25, 0.3) is 20.8 Å². The number of benzene rings is 1. The van der Waals surface area contributed by atoms with E-state index in [1.54, 1.807) is 12.4 Å². The maximum absolute atomic E-state index is 12.4. The third kappa shape index (κ3) is 3.92. The number of carbonyl (C=O) groups excluding carboxylic acids is 1. The molecule has 1 amide bonds. The minimum Gasteiger partial charge on any atom is -0.492 e. The van der Waals surface area contributed by atoms with E-state index in [0.29, 0.717) is 27.6 Å². The normalized spacial score (nSPS) is 10.9. The summed E-state index contributed by atoms with van der Waals surface area (Å²) in [6.45, 7) is 2.43.